The van der Waals surface area contributed by atoms with Gasteiger partial charge in [-0.2, -0.15) is 0 Å². The number of anilines is 2. The lowest BCUT2D eigenvalue weighted by atomic mass is 10.1. The Morgan fingerprint density at radius 1 is 0.969 bits per heavy atom. The van der Waals surface area contributed by atoms with Crippen LogP contribution in [0.25, 0.3) is 0 Å². The normalized spacial score (nSPS) is 13.2. The predicted molar refractivity (Wildman–Crippen MR) is 124 cm³/mol. The number of benzene rings is 1. The Labute approximate surface area is 190 Å². The minimum absolute atomic E-state index is 0.175. The first kappa shape index (κ1) is 23.1. The molecule has 2 aromatic rings. The van der Waals surface area contributed by atoms with E-state index in [2.05, 4.69) is 30.9 Å². The van der Waals surface area contributed by atoms with Crippen molar-refractivity contribution in [3.8, 4) is 0 Å². The number of methoxy groups -OCH3 is 2. The van der Waals surface area contributed by atoms with Crippen LogP contribution in [-0.2, 0) is 9.47 Å². The van der Waals surface area contributed by atoms with Crippen molar-refractivity contribution in [2.24, 2.45) is 4.99 Å². The summed E-state index contributed by atoms with van der Waals surface area (Å²) in [6.45, 7) is 3.76. The van der Waals surface area contributed by atoms with Gasteiger partial charge in [0.25, 0.3) is 0 Å². The number of carbonyl (C=O) groups is 2. The molecule has 1 aliphatic carbocycles. The van der Waals surface area contributed by atoms with E-state index < -0.39 is 11.9 Å². The van der Waals surface area contributed by atoms with E-state index in [1.807, 2.05) is 19.9 Å². The highest BCUT2D eigenvalue weighted by Crippen LogP contribution is 2.23. The first-order valence-electron chi connectivity index (χ1n) is 9.84. The second-order valence-electron chi connectivity index (χ2n) is 7.17. The third kappa shape index (κ3) is 6.45. The van der Waals surface area contributed by atoms with E-state index in [-0.39, 0.29) is 22.3 Å². The topological polar surface area (TPSA) is 127 Å². The highest BCUT2D eigenvalue weighted by molar-refractivity contribution is 7.80. The fourth-order valence-electron chi connectivity index (χ4n) is 2.81. The predicted octanol–water partition coefficient (Wildman–Crippen LogP) is 2.58. The second-order valence-corrected chi connectivity index (χ2v) is 7.58. The monoisotopic (exact) mass is 456 g/mol. The molecule has 1 saturated carbocycles. The van der Waals surface area contributed by atoms with Crippen molar-refractivity contribution in [3.63, 3.8) is 0 Å². The Hall–Kier alpha value is -3.60. The molecule has 11 heteroatoms. The number of rotatable bonds is 5. The zero-order valence-corrected chi connectivity index (χ0v) is 19.0. The summed E-state index contributed by atoms with van der Waals surface area (Å²) in [5.74, 6) is -0.394. The average Bonchev–Trinajstić information content (AvgIpc) is 3.55. The molecule has 0 unspecified atom stereocenters. The van der Waals surface area contributed by atoms with E-state index >= 15 is 0 Å². The van der Waals surface area contributed by atoms with E-state index in [9.17, 15) is 9.59 Å². The molecule has 1 aliphatic rings. The van der Waals surface area contributed by atoms with Crippen LogP contribution in [0.4, 0.5) is 11.6 Å². The van der Waals surface area contributed by atoms with E-state index in [1.54, 1.807) is 0 Å². The molecule has 32 heavy (non-hydrogen) atoms. The first-order chi connectivity index (χ1) is 15.3. The number of thiocarbonyl (C=S) groups is 1. The van der Waals surface area contributed by atoms with Crippen molar-refractivity contribution in [1.82, 2.24) is 15.3 Å². The number of nitrogens with one attached hydrogen (secondary N) is 3. The van der Waals surface area contributed by atoms with Crippen LogP contribution in [0.5, 0.6) is 0 Å². The van der Waals surface area contributed by atoms with Crippen LogP contribution in [-0.4, -0.2) is 53.2 Å². The van der Waals surface area contributed by atoms with Gasteiger partial charge in [0.15, 0.2) is 5.11 Å². The minimum atomic E-state index is -0.595. The summed E-state index contributed by atoms with van der Waals surface area (Å²) in [4.78, 5) is 37.3. The number of guanidine groups is 1. The summed E-state index contributed by atoms with van der Waals surface area (Å²) in [5.41, 5.74) is 2.39. The lowest BCUT2D eigenvalue weighted by Crippen LogP contribution is -2.39. The van der Waals surface area contributed by atoms with Crippen LogP contribution in [0.2, 0.25) is 0 Å². The van der Waals surface area contributed by atoms with E-state index in [1.165, 1.54) is 32.4 Å². The summed E-state index contributed by atoms with van der Waals surface area (Å²) in [7, 11) is 2.52. The molecule has 1 aromatic carbocycles. The Balaban J connectivity index is 1.78. The van der Waals surface area contributed by atoms with Crippen molar-refractivity contribution < 1.29 is 19.1 Å². The molecule has 10 nitrogen and oxygen atoms in total. The molecule has 3 rings (SSSR count). The van der Waals surface area contributed by atoms with Crippen LogP contribution >= 0.6 is 12.2 Å². The molecule has 0 amide bonds. The van der Waals surface area contributed by atoms with Crippen LogP contribution < -0.4 is 16.0 Å². The number of hydrogen-bond acceptors (Lipinski definition) is 8. The van der Waals surface area contributed by atoms with Crippen LogP contribution in [0.3, 0.4) is 0 Å². The third-order valence-corrected chi connectivity index (χ3v) is 4.54. The number of aromatic nitrogens is 2. The molecule has 1 heterocycles. The van der Waals surface area contributed by atoms with Gasteiger partial charge < -0.3 is 20.1 Å². The first-order valence-corrected chi connectivity index (χ1v) is 10.2. The largest absolute Gasteiger partial charge is 0.465 e. The molecule has 168 valence electrons. The number of aryl methyl sites for hydroxylation is 2. The summed E-state index contributed by atoms with van der Waals surface area (Å²) in [6.07, 6.45) is 1.98. The molecule has 0 bridgehead atoms. The van der Waals surface area contributed by atoms with Crippen molar-refractivity contribution in [2.75, 3.05) is 24.9 Å². The lowest BCUT2D eigenvalue weighted by molar-refractivity contribution is 0.0599. The van der Waals surface area contributed by atoms with E-state index in [0.717, 1.165) is 24.2 Å². The van der Waals surface area contributed by atoms with Crippen LogP contribution in [0.15, 0.2) is 29.3 Å². The summed E-state index contributed by atoms with van der Waals surface area (Å²) < 4.78 is 9.51. The molecule has 0 radical (unpaired) electrons. The standard InChI is InChI=1S/C21H24N6O4S/c1-11-7-12(2)23-19(22-11)26-20(24-15-5-6-15)27-21(32)25-16-9-13(17(28)30-3)8-14(10-16)18(29)31-4/h7-10,15H,5-6H2,1-4H3,(H3,22,23,24,25,26,27,32). The molecule has 0 spiro atoms. The maximum absolute atomic E-state index is 12.0. The summed E-state index contributed by atoms with van der Waals surface area (Å²) >= 11 is 5.41. The number of ether oxygens (including phenoxy) is 2. The van der Waals surface area contributed by atoms with Gasteiger partial charge in [-0.3, -0.25) is 5.32 Å². The Morgan fingerprint density at radius 2 is 1.53 bits per heavy atom. The maximum Gasteiger partial charge on any atom is 0.337 e. The lowest BCUT2D eigenvalue weighted by Gasteiger charge is -2.15. The molecule has 1 aromatic heterocycles. The highest BCUT2D eigenvalue weighted by atomic mass is 32.1. The van der Waals surface area contributed by atoms with Crippen molar-refractivity contribution >= 4 is 46.9 Å². The van der Waals surface area contributed by atoms with Gasteiger partial charge in [-0.1, -0.05) is 0 Å². The number of carbonyl (C=O) groups excluding carboxylic acids is 2. The number of hydrogen-bond donors (Lipinski definition) is 3. The van der Waals surface area contributed by atoms with Gasteiger partial charge in [0, 0.05) is 17.1 Å². The SMILES string of the molecule is COC(=O)c1cc(NC(=S)NC(=NC2CC2)Nc2nc(C)cc(C)n2)cc(C(=O)OC)c1. The molecular formula is C21H24N6O4S. The molecule has 0 atom stereocenters. The van der Waals surface area contributed by atoms with Gasteiger partial charge in [-0.15, -0.1) is 0 Å². The quantitative estimate of drug-likeness (QED) is 0.267. The summed E-state index contributed by atoms with van der Waals surface area (Å²) in [6, 6.07) is 6.50. The van der Waals surface area contributed by atoms with Crippen molar-refractivity contribution in [3.05, 3.63) is 46.8 Å². The number of nitrogens with zero attached hydrogens (tertiary/aromatic N) is 3. The van der Waals surface area contributed by atoms with Gasteiger partial charge in [-0.25, -0.2) is 24.5 Å². The van der Waals surface area contributed by atoms with Gasteiger partial charge in [-0.05, 0) is 63.2 Å². The zero-order chi connectivity index (χ0) is 23.3. The Morgan fingerprint density at radius 3 is 2.03 bits per heavy atom. The van der Waals surface area contributed by atoms with Gasteiger partial charge in [0.05, 0.1) is 31.4 Å². The van der Waals surface area contributed by atoms with Gasteiger partial charge >= 0.3 is 11.9 Å². The molecule has 0 aliphatic heterocycles. The zero-order valence-electron chi connectivity index (χ0n) is 18.2. The molecule has 3 N–H and O–H groups in total. The maximum atomic E-state index is 12.0. The van der Waals surface area contributed by atoms with Crippen LogP contribution in [0.1, 0.15) is 44.9 Å². The molecule has 0 saturated heterocycles. The summed E-state index contributed by atoms with van der Waals surface area (Å²) in [5, 5.41) is 9.21. The number of esters is 2. The minimum Gasteiger partial charge on any atom is -0.465 e. The highest BCUT2D eigenvalue weighted by Gasteiger charge is 2.22. The third-order valence-electron chi connectivity index (χ3n) is 4.34. The van der Waals surface area contributed by atoms with Gasteiger partial charge in [0.1, 0.15) is 0 Å². The van der Waals surface area contributed by atoms with Gasteiger partial charge in [0.2, 0.25) is 11.9 Å². The van der Waals surface area contributed by atoms with Crippen LogP contribution in [0, 0.1) is 13.8 Å². The van der Waals surface area contributed by atoms with E-state index in [4.69, 9.17) is 21.7 Å². The molecular weight excluding hydrogens is 432 g/mol. The van der Waals surface area contributed by atoms with Crippen molar-refractivity contribution in [1.29, 1.82) is 0 Å². The van der Waals surface area contributed by atoms with Crippen molar-refractivity contribution in [2.45, 2.75) is 32.7 Å². The fraction of sp³-hybridized carbons (Fsp3) is 0.333. The number of aliphatic imine (C=N–C) groups is 1. The smallest absolute Gasteiger partial charge is 0.337 e. The Bertz CT molecular complexity index is 1030. The fourth-order valence-corrected chi connectivity index (χ4v) is 3.03. The second kappa shape index (κ2) is 10.1. The molecule has 1 fully saturated rings. The Kier molecular flexibility index (Phi) is 7.31. The van der Waals surface area contributed by atoms with E-state index in [0.29, 0.717) is 17.6 Å². The average molecular weight is 457 g/mol.